The Morgan fingerprint density at radius 3 is 2.93 bits per heavy atom. The largest absolute Gasteiger partial charge is 0.394 e. The van der Waals surface area contributed by atoms with Gasteiger partial charge in [0.1, 0.15) is 0 Å². The Hall–Kier alpha value is -0.210. The van der Waals surface area contributed by atoms with Gasteiger partial charge in [0.05, 0.1) is 19.3 Å². The molecule has 0 amide bonds. The molecule has 1 saturated heterocycles. The molecule has 1 aliphatic heterocycles. The van der Waals surface area contributed by atoms with E-state index >= 15 is 0 Å². The number of morpholine rings is 1. The molecule has 0 aromatic carbocycles. The summed E-state index contributed by atoms with van der Waals surface area (Å²) in [5.74, 6) is 0. The van der Waals surface area contributed by atoms with E-state index in [1.807, 2.05) is 0 Å². The van der Waals surface area contributed by atoms with Gasteiger partial charge in [0, 0.05) is 19.6 Å². The minimum atomic E-state index is -3.38. The zero-order chi connectivity index (χ0) is 10.6. The highest BCUT2D eigenvalue weighted by Crippen LogP contribution is 2.07. The Kier molecular flexibility index (Phi) is 4.27. The van der Waals surface area contributed by atoms with Gasteiger partial charge in [0.25, 0.3) is 10.2 Å². The van der Waals surface area contributed by atoms with Crippen LogP contribution in [0.5, 0.6) is 0 Å². The van der Waals surface area contributed by atoms with Crippen molar-refractivity contribution in [3.63, 3.8) is 0 Å². The molecule has 0 radical (unpaired) electrons. The van der Waals surface area contributed by atoms with Crippen molar-refractivity contribution in [2.45, 2.75) is 13.0 Å². The highest BCUT2D eigenvalue weighted by atomic mass is 32.2. The van der Waals surface area contributed by atoms with Crippen LogP contribution in [0.1, 0.15) is 6.92 Å². The predicted octanol–water partition coefficient (Wildman–Crippen LogP) is -1.47. The lowest BCUT2D eigenvalue weighted by Crippen LogP contribution is -2.50. The van der Waals surface area contributed by atoms with Crippen LogP contribution < -0.4 is 4.72 Å². The van der Waals surface area contributed by atoms with E-state index in [9.17, 15) is 8.42 Å². The number of rotatable bonds is 4. The highest BCUT2D eigenvalue weighted by molar-refractivity contribution is 7.87. The lowest BCUT2D eigenvalue weighted by molar-refractivity contribution is -0.0307. The molecule has 1 heterocycles. The van der Waals surface area contributed by atoms with Gasteiger partial charge >= 0.3 is 0 Å². The molecule has 0 aliphatic carbocycles. The van der Waals surface area contributed by atoms with E-state index in [0.717, 1.165) is 0 Å². The van der Waals surface area contributed by atoms with E-state index in [2.05, 4.69) is 4.72 Å². The zero-order valence-electron chi connectivity index (χ0n) is 8.14. The third kappa shape index (κ3) is 2.89. The molecule has 0 saturated carbocycles. The van der Waals surface area contributed by atoms with Gasteiger partial charge in [-0.1, -0.05) is 6.92 Å². The van der Waals surface area contributed by atoms with Crippen molar-refractivity contribution >= 4 is 10.2 Å². The summed E-state index contributed by atoms with van der Waals surface area (Å²) in [6.45, 7) is 2.82. The fourth-order valence-corrected chi connectivity index (χ4v) is 2.52. The SMILES string of the molecule is CCNS(=O)(=O)N1CCOC(CO)C1. The van der Waals surface area contributed by atoms with Crippen LogP contribution in [0.4, 0.5) is 0 Å². The fourth-order valence-electron chi connectivity index (χ4n) is 1.29. The van der Waals surface area contributed by atoms with Gasteiger partial charge in [0.15, 0.2) is 0 Å². The summed E-state index contributed by atoms with van der Waals surface area (Å²) in [7, 11) is -3.38. The molecule has 1 aliphatic rings. The number of nitrogens with zero attached hydrogens (tertiary/aromatic N) is 1. The Labute approximate surface area is 84.0 Å². The van der Waals surface area contributed by atoms with Crippen LogP contribution in [-0.4, -0.2) is 56.8 Å². The minimum absolute atomic E-state index is 0.155. The van der Waals surface area contributed by atoms with Crippen LogP contribution in [0, 0.1) is 0 Å². The van der Waals surface area contributed by atoms with Crippen LogP contribution in [0.15, 0.2) is 0 Å². The van der Waals surface area contributed by atoms with E-state index in [1.54, 1.807) is 6.92 Å². The molecule has 84 valence electrons. The normalized spacial score (nSPS) is 25.1. The van der Waals surface area contributed by atoms with E-state index in [4.69, 9.17) is 9.84 Å². The second kappa shape index (κ2) is 5.04. The maximum atomic E-state index is 11.5. The first kappa shape index (κ1) is 11.9. The molecule has 1 rings (SSSR count). The number of hydrogen-bond acceptors (Lipinski definition) is 4. The molecule has 1 atom stereocenters. The van der Waals surface area contributed by atoms with Crippen molar-refractivity contribution in [3.8, 4) is 0 Å². The third-order valence-electron chi connectivity index (χ3n) is 1.97. The van der Waals surface area contributed by atoms with Gasteiger partial charge in [-0.2, -0.15) is 12.7 Å². The van der Waals surface area contributed by atoms with Gasteiger partial charge in [-0.05, 0) is 0 Å². The first-order valence-corrected chi connectivity index (χ1v) is 6.01. The molecule has 6 nitrogen and oxygen atoms in total. The summed E-state index contributed by atoms with van der Waals surface area (Å²) in [6, 6.07) is 0. The van der Waals surface area contributed by atoms with Gasteiger partial charge in [-0.25, -0.2) is 4.72 Å². The number of nitrogens with one attached hydrogen (secondary N) is 1. The zero-order valence-corrected chi connectivity index (χ0v) is 8.96. The molecule has 0 bridgehead atoms. The summed E-state index contributed by atoms with van der Waals surface area (Å²) >= 11 is 0. The molecule has 0 aromatic rings. The molecule has 14 heavy (non-hydrogen) atoms. The maximum Gasteiger partial charge on any atom is 0.279 e. The van der Waals surface area contributed by atoms with Crippen LogP contribution >= 0.6 is 0 Å². The monoisotopic (exact) mass is 224 g/mol. The van der Waals surface area contributed by atoms with E-state index in [1.165, 1.54) is 4.31 Å². The van der Waals surface area contributed by atoms with Gasteiger partial charge in [-0.3, -0.25) is 0 Å². The van der Waals surface area contributed by atoms with E-state index in [-0.39, 0.29) is 13.2 Å². The van der Waals surface area contributed by atoms with Crippen LogP contribution in [0.25, 0.3) is 0 Å². The number of ether oxygens (including phenoxy) is 1. The average Bonchev–Trinajstić information content (AvgIpc) is 2.18. The molecule has 1 unspecified atom stereocenters. The molecule has 1 fully saturated rings. The van der Waals surface area contributed by atoms with Gasteiger partial charge in [0.2, 0.25) is 0 Å². The van der Waals surface area contributed by atoms with Crippen molar-refractivity contribution in [2.24, 2.45) is 0 Å². The van der Waals surface area contributed by atoms with Crippen LogP contribution in [0.3, 0.4) is 0 Å². The average molecular weight is 224 g/mol. The highest BCUT2D eigenvalue weighted by Gasteiger charge is 2.28. The summed E-state index contributed by atoms with van der Waals surface area (Å²) in [6.07, 6.45) is -0.405. The maximum absolute atomic E-state index is 11.5. The van der Waals surface area contributed by atoms with Gasteiger partial charge < -0.3 is 9.84 Å². The lowest BCUT2D eigenvalue weighted by Gasteiger charge is -2.30. The second-order valence-corrected chi connectivity index (χ2v) is 4.79. The number of aliphatic hydroxyl groups excluding tert-OH is 1. The lowest BCUT2D eigenvalue weighted by atomic mass is 10.3. The van der Waals surface area contributed by atoms with Gasteiger partial charge in [-0.15, -0.1) is 0 Å². The Bertz CT molecular complexity index is 267. The first-order chi connectivity index (χ1) is 6.60. The van der Waals surface area contributed by atoms with Crippen molar-refractivity contribution in [1.82, 2.24) is 9.03 Å². The van der Waals surface area contributed by atoms with Crippen molar-refractivity contribution in [2.75, 3.05) is 32.8 Å². The molecule has 0 spiro atoms. The third-order valence-corrected chi connectivity index (χ3v) is 3.64. The summed E-state index contributed by atoms with van der Waals surface area (Å²) in [4.78, 5) is 0. The Morgan fingerprint density at radius 1 is 1.64 bits per heavy atom. The molecule has 2 N–H and O–H groups in total. The fraction of sp³-hybridized carbons (Fsp3) is 1.00. The summed E-state index contributed by atoms with van der Waals surface area (Å²) in [5.41, 5.74) is 0. The number of hydrogen-bond donors (Lipinski definition) is 2. The van der Waals surface area contributed by atoms with E-state index in [0.29, 0.717) is 19.7 Å². The minimum Gasteiger partial charge on any atom is -0.394 e. The van der Waals surface area contributed by atoms with E-state index < -0.39 is 16.3 Å². The summed E-state index contributed by atoms with van der Waals surface area (Å²) < 4.78 is 31.9. The Morgan fingerprint density at radius 2 is 2.36 bits per heavy atom. The topological polar surface area (TPSA) is 78.9 Å². The molecular formula is C7H16N2O4S. The first-order valence-electron chi connectivity index (χ1n) is 4.57. The van der Waals surface area contributed by atoms with Crippen molar-refractivity contribution in [3.05, 3.63) is 0 Å². The van der Waals surface area contributed by atoms with Crippen molar-refractivity contribution in [1.29, 1.82) is 0 Å². The smallest absolute Gasteiger partial charge is 0.279 e. The van der Waals surface area contributed by atoms with Crippen molar-refractivity contribution < 1.29 is 18.3 Å². The summed E-state index contributed by atoms with van der Waals surface area (Å²) in [5, 5.41) is 8.84. The predicted molar refractivity (Wildman–Crippen MR) is 51.0 cm³/mol. The quantitative estimate of drug-likeness (QED) is 0.611. The Balaban J connectivity index is 2.59. The standard InChI is InChI=1S/C7H16N2O4S/c1-2-8-14(11,12)9-3-4-13-7(5-9)6-10/h7-8,10H,2-6H2,1H3. The molecule has 0 aromatic heterocycles. The van der Waals surface area contributed by atoms with Crippen LogP contribution in [0.2, 0.25) is 0 Å². The number of aliphatic hydroxyl groups is 1. The second-order valence-electron chi connectivity index (χ2n) is 3.04. The molecular weight excluding hydrogens is 208 g/mol. The van der Waals surface area contributed by atoms with Crippen LogP contribution in [-0.2, 0) is 14.9 Å². The molecule has 7 heteroatoms.